The standard InChI is InChI=1S/C30H28N2O5/c1-3-25(22-7-5-4-6-8-22)36-29(35)31-26-19(2)37-32-27(26)23-11-9-20(10-12-23)21-13-15-24(16-14-21)30(17-18-30)28(33)34/h4-16,25H,3,17-18H2,1-2H3,(H,31,35)(H,33,34). The molecule has 1 atom stereocenters. The van der Waals surface area contributed by atoms with Crippen LogP contribution in [0.25, 0.3) is 22.4 Å². The fourth-order valence-electron chi connectivity index (χ4n) is 4.59. The minimum Gasteiger partial charge on any atom is -0.481 e. The van der Waals surface area contributed by atoms with Gasteiger partial charge in [0.25, 0.3) is 0 Å². The first kappa shape index (κ1) is 24.3. The number of carboxylic acids is 1. The first-order valence-electron chi connectivity index (χ1n) is 12.3. The van der Waals surface area contributed by atoms with Crippen molar-refractivity contribution in [2.24, 2.45) is 0 Å². The number of rotatable bonds is 8. The molecule has 0 saturated heterocycles. The monoisotopic (exact) mass is 496 g/mol. The van der Waals surface area contributed by atoms with Gasteiger partial charge in [-0.15, -0.1) is 0 Å². The predicted octanol–water partition coefficient (Wildman–Crippen LogP) is 7.13. The molecule has 1 unspecified atom stereocenters. The predicted molar refractivity (Wildman–Crippen MR) is 140 cm³/mol. The van der Waals surface area contributed by atoms with Gasteiger partial charge < -0.3 is 14.4 Å². The Kier molecular flexibility index (Phi) is 6.53. The maximum absolute atomic E-state index is 12.7. The zero-order valence-electron chi connectivity index (χ0n) is 20.7. The molecule has 188 valence electrons. The number of nitrogens with one attached hydrogen (secondary N) is 1. The lowest BCUT2D eigenvalue weighted by Crippen LogP contribution is -2.19. The zero-order valence-corrected chi connectivity index (χ0v) is 20.7. The van der Waals surface area contributed by atoms with Crippen molar-refractivity contribution in [3.05, 3.63) is 95.7 Å². The van der Waals surface area contributed by atoms with E-state index in [0.29, 0.717) is 36.4 Å². The number of anilines is 1. The van der Waals surface area contributed by atoms with Crippen LogP contribution in [0, 0.1) is 6.92 Å². The fourth-order valence-corrected chi connectivity index (χ4v) is 4.59. The van der Waals surface area contributed by atoms with E-state index >= 15 is 0 Å². The van der Waals surface area contributed by atoms with Crippen LogP contribution in [0.2, 0.25) is 0 Å². The van der Waals surface area contributed by atoms with E-state index in [9.17, 15) is 14.7 Å². The Hall–Kier alpha value is -4.39. The Morgan fingerprint density at radius 1 is 0.973 bits per heavy atom. The quantitative estimate of drug-likeness (QED) is 0.269. The number of aromatic nitrogens is 1. The molecule has 3 aromatic carbocycles. The van der Waals surface area contributed by atoms with Crippen LogP contribution in [0.15, 0.2) is 83.4 Å². The van der Waals surface area contributed by atoms with Gasteiger partial charge in [0.2, 0.25) is 0 Å². The third kappa shape index (κ3) is 4.85. The van der Waals surface area contributed by atoms with E-state index in [2.05, 4.69) is 10.5 Å². The van der Waals surface area contributed by atoms with Crippen LogP contribution in [0.5, 0.6) is 0 Å². The van der Waals surface area contributed by atoms with E-state index < -0.39 is 17.5 Å². The number of amides is 1. The number of carbonyl (C=O) groups excluding carboxylic acids is 1. The summed E-state index contributed by atoms with van der Waals surface area (Å²) in [5.74, 6) is -0.280. The molecule has 0 radical (unpaired) electrons. The Bertz CT molecular complexity index is 1400. The maximum Gasteiger partial charge on any atom is 0.412 e. The Balaban J connectivity index is 1.31. The highest BCUT2D eigenvalue weighted by atomic mass is 16.6. The number of carboxylic acid groups (broad SMARTS) is 1. The molecule has 7 heteroatoms. The van der Waals surface area contributed by atoms with Crippen molar-refractivity contribution in [3.8, 4) is 22.4 Å². The Morgan fingerprint density at radius 2 is 1.57 bits per heavy atom. The number of carbonyl (C=O) groups is 2. The first-order valence-corrected chi connectivity index (χ1v) is 12.3. The van der Waals surface area contributed by atoms with Gasteiger partial charge in [-0.25, -0.2) is 4.79 Å². The van der Waals surface area contributed by atoms with Gasteiger partial charge in [0.05, 0.1) is 5.41 Å². The second-order valence-electron chi connectivity index (χ2n) is 9.34. The lowest BCUT2D eigenvalue weighted by atomic mass is 9.93. The van der Waals surface area contributed by atoms with Crippen molar-refractivity contribution in [2.45, 2.75) is 44.6 Å². The average molecular weight is 497 g/mol. The van der Waals surface area contributed by atoms with Crippen LogP contribution >= 0.6 is 0 Å². The Labute approximate surface area is 215 Å². The molecular formula is C30H28N2O5. The number of aryl methyl sites for hydroxylation is 1. The van der Waals surface area contributed by atoms with Gasteiger partial charge in [-0.1, -0.05) is 90.9 Å². The van der Waals surface area contributed by atoms with Crippen LogP contribution in [-0.2, 0) is 14.9 Å². The summed E-state index contributed by atoms with van der Waals surface area (Å²) >= 11 is 0. The minimum absolute atomic E-state index is 0.360. The zero-order chi connectivity index (χ0) is 26.0. The molecular weight excluding hydrogens is 468 g/mol. The van der Waals surface area contributed by atoms with Gasteiger partial charge in [-0.2, -0.15) is 0 Å². The molecule has 0 aliphatic heterocycles. The molecule has 0 spiro atoms. The number of hydrogen-bond acceptors (Lipinski definition) is 5. The van der Waals surface area contributed by atoms with E-state index in [0.717, 1.165) is 27.8 Å². The molecule has 1 fully saturated rings. The van der Waals surface area contributed by atoms with Gasteiger partial charge in [0, 0.05) is 5.56 Å². The highest BCUT2D eigenvalue weighted by molar-refractivity contribution is 5.91. The van der Waals surface area contributed by atoms with Crippen molar-refractivity contribution < 1.29 is 24.0 Å². The molecule has 37 heavy (non-hydrogen) atoms. The third-order valence-electron chi connectivity index (χ3n) is 6.97. The summed E-state index contributed by atoms with van der Waals surface area (Å²) in [5, 5.41) is 16.5. The normalized spacial score (nSPS) is 14.5. The molecule has 1 aliphatic rings. The Morgan fingerprint density at radius 3 is 2.14 bits per heavy atom. The van der Waals surface area contributed by atoms with E-state index in [1.165, 1.54) is 0 Å². The van der Waals surface area contributed by atoms with E-state index in [1.807, 2.05) is 85.8 Å². The van der Waals surface area contributed by atoms with Crippen LogP contribution < -0.4 is 5.32 Å². The number of aliphatic carboxylic acids is 1. The molecule has 5 rings (SSSR count). The molecule has 1 heterocycles. The summed E-state index contributed by atoms with van der Waals surface area (Å²) in [5.41, 5.74) is 4.80. The average Bonchev–Trinajstić information content (AvgIpc) is 3.67. The molecule has 4 aromatic rings. The molecule has 2 N–H and O–H groups in total. The molecule has 1 aliphatic carbocycles. The van der Waals surface area contributed by atoms with Crippen LogP contribution in [0.4, 0.5) is 10.5 Å². The van der Waals surface area contributed by atoms with Gasteiger partial charge in [-0.05, 0) is 48.4 Å². The minimum atomic E-state index is -0.758. The summed E-state index contributed by atoms with van der Waals surface area (Å²) < 4.78 is 11.1. The second-order valence-corrected chi connectivity index (χ2v) is 9.34. The van der Waals surface area contributed by atoms with Crippen molar-refractivity contribution in [2.75, 3.05) is 5.32 Å². The van der Waals surface area contributed by atoms with E-state index in [-0.39, 0.29) is 6.10 Å². The van der Waals surface area contributed by atoms with Crippen LogP contribution in [0.1, 0.15) is 49.2 Å². The second kappa shape index (κ2) is 9.93. The SMILES string of the molecule is CCC(OC(=O)Nc1c(-c2ccc(-c3ccc(C4(C(=O)O)CC4)cc3)cc2)noc1C)c1ccccc1. The topological polar surface area (TPSA) is 102 Å². The van der Waals surface area contributed by atoms with Crippen molar-refractivity contribution in [1.29, 1.82) is 0 Å². The van der Waals surface area contributed by atoms with Gasteiger partial charge >= 0.3 is 12.1 Å². The summed E-state index contributed by atoms with van der Waals surface area (Å²) in [6, 6.07) is 25.1. The van der Waals surface area contributed by atoms with Crippen LogP contribution in [0.3, 0.4) is 0 Å². The third-order valence-corrected chi connectivity index (χ3v) is 6.97. The number of nitrogens with zero attached hydrogens (tertiary/aromatic N) is 1. The fraction of sp³-hybridized carbons (Fsp3) is 0.233. The largest absolute Gasteiger partial charge is 0.481 e. The summed E-state index contributed by atoms with van der Waals surface area (Å²) in [7, 11) is 0. The smallest absolute Gasteiger partial charge is 0.412 e. The molecule has 1 amide bonds. The van der Waals surface area contributed by atoms with Gasteiger partial charge in [-0.3, -0.25) is 10.1 Å². The van der Waals surface area contributed by atoms with E-state index in [4.69, 9.17) is 9.26 Å². The highest BCUT2D eigenvalue weighted by Crippen LogP contribution is 2.48. The van der Waals surface area contributed by atoms with Crippen molar-refractivity contribution in [1.82, 2.24) is 5.16 Å². The summed E-state index contributed by atoms with van der Waals surface area (Å²) in [6.07, 6.45) is 1.08. The lowest BCUT2D eigenvalue weighted by molar-refractivity contribution is -0.140. The number of benzene rings is 3. The molecule has 1 aromatic heterocycles. The number of ether oxygens (including phenoxy) is 1. The maximum atomic E-state index is 12.7. The molecule has 0 bridgehead atoms. The van der Waals surface area contributed by atoms with Crippen molar-refractivity contribution in [3.63, 3.8) is 0 Å². The summed E-state index contributed by atoms with van der Waals surface area (Å²) in [4.78, 5) is 24.3. The molecule has 1 saturated carbocycles. The lowest BCUT2D eigenvalue weighted by Gasteiger charge is -2.17. The molecule has 7 nitrogen and oxygen atoms in total. The number of hydrogen-bond donors (Lipinski definition) is 2. The van der Waals surface area contributed by atoms with E-state index in [1.54, 1.807) is 6.92 Å². The first-order chi connectivity index (χ1) is 17.9. The van der Waals surface area contributed by atoms with Gasteiger partial charge in [0.1, 0.15) is 17.5 Å². The van der Waals surface area contributed by atoms with Crippen molar-refractivity contribution >= 4 is 17.7 Å². The highest BCUT2D eigenvalue weighted by Gasteiger charge is 2.51. The van der Waals surface area contributed by atoms with Gasteiger partial charge in [0.15, 0.2) is 5.76 Å². The van der Waals surface area contributed by atoms with Crippen LogP contribution in [-0.4, -0.2) is 22.3 Å². The summed E-state index contributed by atoms with van der Waals surface area (Å²) in [6.45, 7) is 3.70.